The van der Waals surface area contributed by atoms with E-state index in [0.717, 1.165) is 5.56 Å². The van der Waals surface area contributed by atoms with Crippen LogP contribution in [0.3, 0.4) is 0 Å². The summed E-state index contributed by atoms with van der Waals surface area (Å²) in [5.41, 5.74) is 2.82. The second kappa shape index (κ2) is 5.96. The minimum atomic E-state index is -0.391. The highest BCUT2D eigenvalue weighted by atomic mass is 16.4. The molecule has 0 aliphatic carbocycles. The molecule has 2 heterocycles. The fourth-order valence-electron chi connectivity index (χ4n) is 2.41. The smallest absolute Gasteiger partial charge is 0.311 e. The van der Waals surface area contributed by atoms with Gasteiger partial charge in [-0.05, 0) is 23.8 Å². The van der Waals surface area contributed by atoms with Crippen LogP contribution in [0.2, 0.25) is 0 Å². The van der Waals surface area contributed by atoms with E-state index >= 15 is 0 Å². The van der Waals surface area contributed by atoms with Crippen LogP contribution in [0, 0.1) is 0 Å². The molecule has 0 aliphatic heterocycles. The fourth-order valence-corrected chi connectivity index (χ4v) is 2.41. The van der Waals surface area contributed by atoms with Gasteiger partial charge in [0.1, 0.15) is 18.2 Å². The van der Waals surface area contributed by atoms with Gasteiger partial charge >= 0.3 is 5.91 Å². The number of aromatic nitrogens is 4. The van der Waals surface area contributed by atoms with Gasteiger partial charge in [0.25, 0.3) is 5.89 Å². The van der Waals surface area contributed by atoms with Crippen LogP contribution in [0.25, 0.3) is 11.1 Å². The van der Waals surface area contributed by atoms with Gasteiger partial charge in [-0.3, -0.25) is 4.79 Å². The summed E-state index contributed by atoms with van der Waals surface area (Å²) in [5, 5.41) is 6.92. The average molecular weight is 319 g/mol. The molecule has 118 valence electrons. The van der Waals surface area contributed by atoms with E-state index in [1.54, 1.807) is 23.1 Å². The molecule has 2 aromatic heterocycles. The van der Waals surface area contributed by atoms with Gasteiger partial charge in [0.2, 0.25) is 0 Å². The molecule has 0 saturated carbocycles. The summed E-state index contributed by atoms with van der Waals surface area (Å²) in [6.45, 7) is 0.504. The van der Waals surface area contributed by atoms with Crippen molar-refractivity contribution < 1.29 is 9.21 Å². The molecule has 0 radical (unpaired) electrons. The van der Waals surface area contributed by atoms with Crippen molar-refractivity contribution in [2.24, 2.45) is 0 Å². The number of hydrogen-bond acceptors (Lipinski definition) is 5. The van der Waals surface area contributed by atoms with E-state index in [4.69, 9.17) is 4.42 Å². The molecule has 2 aromatic carbocycles. The molecule has 1 N–H and O–H groups in total. The Morgan fingerprint density at radius 2 is 1.96 bits per heavy atom. The van der Waals surface area contributed by atoms with Crippen LogP contribution in [0.5, 0.6) is 0 Å². The molecule has 4 aromatic rings. The number of carbonyl (C=O) groups is 1. The normalized spacial score (nSPS) is 10.8. The molecular weight excluding hydrogens is 306 g/mol. The molecule has 0 atom stereocenters. The number of oxazole rings is 1. The van der Waals surface area contributed by atoms with E-state index in [0.29, 0.717) is 23.3 Å². The van der Waals surface area contributed by atoms with E-state index in [1.807, 2.05) is 36.4 Å². The van der Waals surface area contributed by atoms with E-state index < -0.39 is 5.91 Å². The highest BCUT2D eigenvalue weighted by Crippen LogP contribution is 2.19. The minimum absolute atomic E-state index is 0.0340. The van der Waals surface area contributed by atoms with Crippen LogP contribution in [0.1, 0.15) is 16.2 Å². The highest BCUT2D eigenvalue weighted by Gasteiger charge is 2.15. The molecule has 1 amide bonds. The van der Waals surface area contributed by atoms with Crippen LogP contribution in [0.15, 0.2) is 65.6 Å². The van der Waals surface area contributed by atoms with Crippen molar-refractivity contribution in [1.82, 2.24) is 19.7 Å². The number of nitrogens with one attached hydrogen (secondary N) is 1. The standard InChI is InChI=1S/C17H13N5O2/c23-16(17-21-14-7-3-4-8-15(14)24-17)20-13-6-2-1-5-12(13)9-22-11-18-10-19-22/h1-8,10-11H,9H2,(H,20,23). The second-order valence-corrected chi connectivity index (χ2v) is 5.19. The third-order valence-electron chi connectivity index (χ3n) is 3.55. The van der Waals surface area contributed by atoms with Gasteiger partial charge < -0.3 is 9.73 Å². The molecule has 0 aliphatic rings. The Morgan fingerprint density at radius 1 is 1.12 bits per heavy atom. The molecule has 0 saturated heterocycles. The third-order valence-corrected chi connectivity index (χ3v) is 3.55. The Kier molecular flexibility index (Phi) is 3.51. The lowest BCUT2D eigenvalue weighted by Gasteiger charge is -2.09. The third kappa shape index (κ3) is 2.74. The Morgan fingerprint density at radius 3 is 2.79 bits per heavy atom. The first kappa shape index (κ1) is 14.1. The van der Waals surface area contributed by atoms with Gasteiger partial charge in [-0.15, -0.1) is 0 Å². The van der Waals surface area contributed by atoms with Gasteiger partial charge in [0, 0.05) is 5.69 Å². The summed E-state index contributed by atoms with van der Waals surface area (Å²) in [4.78, 5) is 20.6. The topological polar surface area (TPSA) is 85.8 Å². The molecule has 24 heavy (non-hydrogen) atoms. The maximum Gasteiger partial charge on any atom is 0.311 e. The lowest BCUT2D eigenvalue weighted by Crippen LogP contribution is -2.14. The second-order valence-electron chi connectivity index (χ2n) is 5.19. The number of nitrogens with zero attached hydrogens (tertiary/aromatic N) is 4. The largest absolute Gasteiger partial charge is 0.432 e. The van der Waals surface area contributed by atoms with E-state index in [2.05, 4.69) is 20.4 Å². The summed E-state index contributed by atoms with van der Waals surface area (Å²) in [6, 6.07) is 14.8. The van der Waals surface area contributed by atoms with Crippen LogP contribution < -0.4 is 5.32 Å². The van der Waals surface area contributed by atoms with Crippen LogP contribution >= 0.6 is 0 Å². The number of carbonyl (C=O) groups excluding carboxylic acids is 1. The van der Waals surface area contributed by atoms with Gasteiger partial charge in [-0.1, -0.05) is 30.3 Å². The predicted octanol–water partition coefficient (Wildman–Crippen LogP) is 2.72. The first-order valence-electron chi connectivity index (χ1n) is 7.37. The average Bonchev–Trinajstić information content (AvgIpc) is 3.25. The number of fused-ring (bicyclic) bond motifs is 1. The SMILES string of the molecule is O=C(Nc1ccccc1Cn1cncn1)c1nc2ccccc2o1. The first-order chi connectivity index (χ1) is 11.8. The van der Waals surface area contributed by atoms with Crippen molar-refractivity contribution in [3.63, 3.8) is 0 Å². The number of anilines is 1. The number of amides is 1. The minimum Gasteiger partial charge on any atom is -0.432 e. The summed E-state index contributed by atoms with van der Waals surface area (Å²) in [7, 11) is 0. The quantitative estimate of drug-likeness (QED) is 0.625. The van der Waals surface area contributed by atoms with Crippen LogP contribution in [-0.4, -0.2) is 25.7 Å². The zero-order chi connectivity index (χ0) is 16.4. The molecule has 0 unspecified atom stereocenters. The number of rotatable bonds is 4. The highest BCUT2D eigenvalue weighted by molar-refractivity contribution is 6.02. The predicted molar refractivity (Wildman–Crippen MR) is 87.5 cm³/mol. The van der Waals surface area contributed by atoms with E-state index in [9.17, 15) is 4.79 Å². The molecule has 0 bridgehead atoms. The molecular formula is C17H13N5O2. The van der Waals surface area contributed by atoms with Crippen LogP contribution in [0.4, 0.5) is 5.69 Å². The fraction of sp³-hybridized carbons (Fsp3) is 0.0588. The van der Waals surface area contributed by atoms with Gasteiger partial charge in [0.15, 0.2) is 5.58 Å². The summed E-state index contributed by atoms with van der Waals surface area (Å²) in [6.07, 6.45) is 3.10. The van der Waals surface area contributed by atoms with E-state index in [1.165, 1.54) is 6.33 Å². The van der Waals surface area contributed by atoms with Crippen molar-refractivity contribution in [1.29, 1.82) is 0 Å². The van der Waals surface area contributed by atoms with Crippen molar-refractivity contribution in [3.05, 3.63) is 72.6 Å². The van der Waals surface area contributed by atoms with Crippen LogP contribution in [-0.2, 0) is 6.54 Å². The number of hydrogen-bond donors (Lipinski definition) is 1. The van der Waals surface area contributed by atoms with Gasteiger partial charge in [-0.2, -0.15) is 5.10 Å². The Balaban J connectivity index is 1.59. The molecule has 7 nitrogen and oxygen atoms in total. The Bertz CT molecular complexity index is 958. The molecule has 0 spiro atoms. The molecule has 0 fully saturated rings. The Hall–Kier alpha value is -3.48. The van der Waals surface area contributed by atoms with Crippen molar-refractivity contribution in [3.8, 4) is 0 Å². The summed E-state index contributed by atoms with van der Waals surface area (Å²) >= 11 is 0. The number of para-hydroxylation sites is 3. The molecule has 4 rings (SSSR count). The zero-order valence-corrected chi connectivity index (χ0v) is 12.6. The van der Waals surface area contributed by atoms with Crippen molar-refractivity contribution in [2.45, 2.75) is 6.54 Å². The van der Waals surface area contributed by atoms with Gasteiger partial charge in [0.05, 0.1) is 6.54 Å². The molecule has 7 heteroatoms. The summed E-state index contributed by atoms with van der Waals surface area (Å²) < 4.78 is 7.18. The maximum absolute atomic E-state index is 12.4. The first-order valence-corrected chi connectivity index (χ1v) is 7.37. The van der Waals surface area contributed by atoms with Crippen molar-refractivity contribution >= 4 is 22.7 Å². The summed E-state index contributed by atoms with van der Waals surface area (Å²) in [5.74, 6) is -0.357. The lowest BCUT2D eigenvalue weighted by molar-refractivity contribution is 0.0992. The Labute approximate surface area is 137 Å². The number of benzene rings is 2. The monoisotopic (exact) mass is 319 g/mol. The zero-order valence-electron chi connectivity index (χ0n) is 12.6. The van der Waals surface area contributed by atoms with E-state index in [-0.39, 0.29) is 5.89 Å². The van der Waals surface area contributed by atoms with Gasteiger partial charge in [-0.25, -0.2) is 14.6 Å². The van der Waals surface area contributed by atoms with Crippen molar-refractivity contribution in [2.75, 3.05) is 5.32 Å². The maximum atomic E-state index is 12.4. The lowest BCUT2D eigenvalue weighted by atomic mass is 10.1.